The third kappa shape index (κ3) is 4.67. The maximum absolute atomic E-state index is 12.8. The summed E-state index contributed by atoms with van der Waals surface area (Å²) in [6.07, 6.45) is -2.25. The maximum atomic E-state index is 12.8. The second-order valence-electron chi connectivity index (χ2n) is 7.17. The topological polar surface area (TPSA) is 59.8 Å². The Bertz CT molecular complexity index is 1060. The molecule has 0 unspecified atom stereocenters. The molecule has 1 amide bonds. The van der Waals surface area contributed by atoms with Gasteiger partial charge in [0.05, 0.1) is 11.3 Å². The van der Waals surface area contributed by atoms with Crippen molar-refractivity contribution in [1.29, 1.82) is 0 Å². The van der Waals surface area contributed by atoms with E-state index in [2.05, 4.69) is 15.5 Å². The number of nitrogens with zero attached hydrogens (tertiary/aromatic N) is 3. The van der Waals surface area contributed by atoms with Gasteiger partial charge in [-0.3, -0.25) is 9.36 Å². The molecular weight excluding hydrogens is 413 g/mol. The van der Waals surface area contributed by atoms with Crippen LogP contribution in [0.4, 0.5) is 18.9 Å². The highest BCUT2D eigenvalue weighted by Gasteiger charge is 2.31. The first-order chi connectivity index (χ1) is 14.3. The molecule has 1 saturated carbocycles. The Kier molecular flexibility index (Phi) is 5.55. The number of amides is 1. The molecule has 0 aliphatic heterocycles. The summed E-state index contributed by atoms with van der Waals surface area (Å²) in [6, 6.07) is 12.6. The molecule has 0 saturated heterocycles. The lowest BCUT2D eigenvalue weighted by Crippen LogP contribution is -2.07. The van der Waals surface area contributed by atoms with E-state index >= 15 is 0 Å². The zero-order chi connectivity index (χ0) is 21.3. The van der Waals surface area contributed by atoms with Crippen molar-refractivity contribution in [3.8, 4) is 5.69 Å². The molecule has 30 heavy (non-hydrogen) atoms. The highest BCUT2D eigenvalue weighted by atomic mass is 32.2. The summed E-state index contributed by atoms with van der Waals surface area (Å²) < 4.78 is 40.2. The number of hydrogen-bond acceptors (Lipinski definition) is 4. The maximum Gasteiger partial charge on any atom is 0.416 e. The number of carbonyl (C=O) groups excluding carboxylic acids is 1. The lowest BCUT2D eigenvalue weighted by atomic mass is 10.1. The van der Waals surface area contributed by atoms with Crippen LogP contribution in [0, 0.1) is 0 Å². The van der Waals surface area contributed by atoms with Gasteiger partial charge in [0.15, 0.2) is 5.16 Å². The third-order valence-electron chi connectivity index (χ3n) is 4.67. The van der Waals surface area contributed by atoms with E-state index in [0.717, 1.165) is 42.0 Å². The number of anilines is 1. The molecule has 1 heterocycles. The molecule has 3 aromatic rings. The Hall–Kier alpha value is -2.81. The molecule has 9 heteroatoms. The smallest absolute Gasteiger partial charge is 0.326 e. The van der Waals surface area contributed by atoms with Gasteiger partial charge in [-0.1, -0.05) is 30.0 Å². The Balaban J connectivity index is 1.58. The van der Waals surface area contributed by atoms with Crippen LogP contribution >= 0.6 is 11.8 Å². The quantitative estimate of drug-likeness (QED) is 0.529. The monoisotopic (exact) mass is 432 g/mol. The second kappa shape index (κ2) is 8.14. The molecule has 0 radical (unpaired) electrons. The van der Waals surface area contributed by atoms with Crippen LogP contribution in [0.2, 0.25) is 0 Å². The Morgan fingerprint density at radius 2 is 1.90 bits per heavy atom. The molecule has 0 bridgehead atoms. The van der Waals surface area contributed by atoms with Gasteiger partial charge in [-0.15, -0.1) is 10.2 Å². The molecule has 1 aliphatic carbocycles. The average molecular weight is 432 g/mol. The van der Waals surface area contributed by atoms with Gasteiger partial charge >= 0.3 is 6.18 Å². The molecule has 1 aliphatic rings. The normalized spacial score (nSPS) is 14.0. The van der Waals surface area contributed by atoms with Crippen molar-refractivity contribution >= 4 is 23.4 Å². The number of carbonyl (C=O) groups is 1. The van der Waals surface area contributed by atoms with Crippen molar-refractivity contribution in [3.63, 3.8) is 0 Å². The molecule has 156 valence electrons. The number of thioether (sulfide) groups is 1. The zero-order valence-electron chi connectivity index (χ0n) is 16.1. The highest BCUT2D eigenvalue weighted by Crippen LogP contribution is 2.41. The second-order valence-corrected chi connectivity index (χ2v) is 8.11. The Morgan fingerprint density at radius 3 is 2.53 bits per heavy atom. The first-order valence-corrected chi connectivity index (χ1v) is 10.4. The molecule has 1 N–H and O–H groups in total. The van der Waals surface area contributed by atoms with E-state index in [1.807, 2.05) is 22.8 Å². The molecule has 4 rings (SSSR count). The van der Waals surface area contributed by atoms with E-state index in [9.17, 15) is 18.0 Å². The van der Waals surface area contributed by atoms with Crippen LogP contribution in [0.25, 0.3) is 5.69 Å². The number of hydrogen-bond donors (Lipinski definition) is 1. The van der Waals surface area contributed by atoms with Gasteiger partial charge in [0.25, 0.3) is 0 Å². The van der Waals surface area contributed by atoms with Crippen LogP contribution < -0.4 is 5.32 Å². The van der Waals surface area contributed by atoms with Crippen LogP contribution in [-0.4, -0.2) is 20.7 Å². The van der Waals surface area contributed by atoms with E-state index in [-0.39, 0.29) is 5.91 Å². The summed E-state index contributed by atoms with van der Waals surface area (Å²) in [6.45, 7) is 1.45. The van der Waals surface area contributed by atoms with Crippen molar-refractivity contribution in [1.82, 2.24) is 14.8 Å². The fourth-order valence-electron chi connectivity index (χ4n) is 3.09. The van der Waals surface area contributed by atoms with Gasteiger partial charge < -0.3 is 5.32 Å². The SMILES string of the molecule is CC(=O)Nc1cccc(-n2c(SCc3ccc(C(F)(F)F)cc3)nnc2C2CC2)c1. The first kappa shape index (κ1) is 20.5. The average Bonchev–Trinajstić information content (AvgIpc) is 3.45. The largest absolute Gasteiger partial charge is 0.416 e. The van der Waals surface area contributed by atoms with Gasteiger partial charge in [-0.25, -0.2) is 0 Å². The van der Waals surface area contributed by atoms with Crippen LogP contribution in [0.1, 0.15) is 42.6 Å². The van der Waals surface area contributed by atoms with Crippen LogP contribution in [0.15, 0.2) is 53.7 Å². The summed E-state index contributed by atoms with van der Waals surface area (Å²) in [5.74, 6) is 1.52. The molecular formula is C21H19F3N4OS. The van der Waals surface area contributed by atoms with Crippen molar-refractivity contribution in [2.24, 2.45) is 0 Å². The minimum atomic E-state index is -4.34. The lowest BCUT2D eigenvalue weighted by molar-refractivity contribution is -0.137. The molecule has 0 atom stereocenters. The molecule has 0 spiro atoms. The van der Waals surface area contributed by atoms with E-state index in [1.54, 1.807) is 6.07 Å². The predicted octanol–water partition coefficient (Wildman–Crippen LogP) is 5.41. The number of benzene rings is 2. The van der Waals surface area contributed by atoms with Crippen LogP contribution in [0.5, 0.6) is 0 Å². The van der Waals surface area contributed by atoms with Crippen molar-refractivity contribution in [2.75, 3.05) is 5.32 Å². The number of rotatable bonds is 6. The molecule has 2 aromatic carbocycles. The number of nitrogens with one attached hydrogen (secondary N) is 1. The van der Waals surface area contributed by atoms with E-state index in [0.29, 0.717) is 22.5 Å². The van der Waals surface area contributed by atoms with Gasteiger partial charge in [-0.2, -0.15) is 13.2 Å². The van der Waals surface area contributed by atoms with Crippen molar-refractivity contribution < 1.29 is 18.0 Å². The van der Waals surface area contributed by atoms with E-state index in [1.165, 1.54) is 30.8 Å². The molecule has 5 nitrogen and oxygen atoms in total. The summed E-state index contributed by atoms with van der Waals surface area (Å²) in [7, 11) is 0. The van der Waals surface area contributed by atoms with Crippen LogP contribution in [-0.2, 0) is 16.7 Å². The van der Waals surface area contributed by atoms with E-state index in [4.69, 9.17) is 0 Å². The fourth-order valence-corrected chi connectivity index (χ4v) is 4.00. The Morgan fingerprint density at radius 1 is 1.17 bits per heavy atom. The third-order valence-corrected chi connectivity index (χ3v) is 5.67. The van der Waals surface area contributed by atoms with Crippen molar-refractivity contribution in [2.45, 2.75) is 42.8 Å². The van der Waals surface area contributed by atoms with Gasteiger partial charge in [0, 0.05) is 24.3 Å². The van der Waals surface area contributed by atoms with Gasteiger partial charge in [0.2, 0.25) is 5.91 Å². The van der Waals surface area contributed by atoms with Crippen LogP contribution in [0.3, 0.4) is 0 Å². The van der Waals surface area contributed by atoms with Gasteiger partial charge in [-0.05, 0) is 48.7 Å². The number of halogens is 3. The van der Waals surface area contributed by atoms with E-state index < -0.39 is 11.7 Å². The lowest BCUT2D eigenvalue weighted by Gasteiger charge is -2.12. The summed E-state index contributed by atoms with van der Waals surface area (Å²) in [5, 5.41) is 12.1. The fraction of sp³-hybridized carbons (Fsp3) is 0.286. The molecule has 1 fully saturated rings. The Labute approximate surface area is 175 Å². The highest BCUT2D eigenvalue weighted by molar-refractivity contribution is 7.98. The van der Waals surface area contributed by atoms with Crippen molar-refractivity contribution in [3.05, 3.63) is 65.5 Å². The minimum absolute atomic E-state index is 0.157. The zero-order valence-corrected chi connectivity index (χ0v) is 16.9. The minimum Gasteiger partial charge on any atom is -0.326 e. The summed E-state index contributed by atoms with van der Waals surface area (Å²) in [5.41, 5.74) is 1.62. The number of aromatic nitrogens is 3. The summed E-state index contributed by atoms with van der Waals surface area (Å²) >= 11 is 1.41. The molecule has 1 aromatic heterocycles. The number of alkyl halides is 3. The first-order valence-electron chi connectivity index (χ1n) is 9.43. The standard InChI is InChI=1S/C21H19F3N4OS/c1-13(29)25-17-3-2-4-18(11-17)28-19(15-7-8-15)26-27-20(28)30-12-14-5-9-16(10-6-14)21(22,23)24/h2-6,9-11,15H,7-8,12H2,1H3,(H,25,29). The predicted molar refractivity (Wildman–Crippen MR) is 109 cm³/mol. The summed E-state index contributed by atoms with van der Waals surface area (Å²) in [4.78, 5) is 11.4. The van der Waals surface area contributed by atoms with Gasteiger partial charge in [0.1, 0.15) is 5.82 Å².